The minimum atomic E-state index is -0.488. The van der Waals surface area contributed by atoms with Crippen LogP contribution in [0.25, 0.3) is 0 Å². The molecule has 0 heterocycles. The van der Waals surface area contributed by atoms with Crippen molar-refractivity contribution in [2.24, 2.45) is 0 Å². The third-order valence-electron chi connectivity index (χ3n) is 4.43. The molecular formula is C22H20Cl2FN3O3. The Labute approximate surface area is 189 Å². The van der Waals surface area contributed by atoms with Crippen molar-refractivity contribution in [3.8, 4) is 5.75 Å². The summed E-state index contributed by atoms with van der Waals surface area (Å²) in [4.78, 5) is 10.3. The smallest absolute Gasteiger partial charge is 0.271 e. The lowest BCUT2D eigenvalue weighted by Gasteiger charge is -2.14. The van der Waals surface area contributed by atoms with Crippen molar-refractivity contribution in [2.45, 2.75) is 13.2 Å². The lowest BCUT2D eigenvalue weighted by molar-refractivity contribution is -0.384. The molecule has 31 heavy (non-hydrogen) atoms. The molecule has 0 aromatic heterocycles. The lowest BCUT2D eigenvalue weighted by Crippen LogP contribution is -2.22. The van der Waals surface area contributed by atoms with Crippen LogP contribution in [0.2, 0.25) is 10.0 Å². The summed E-state index contributed by atoms with van der Waals surface area (Å²) in [7, 11) is 0. The third kappa shape index (κ3) is 6.82. The summed E-state index contributed by atoms with van der Waals surface area (Å²) in [5.41, 5.74) is 2.32. The Morgan fingerprint density at radius 3 is 2.48 bits per heavy atom. The van der Waals surface area contributed by atoms with Crippen LogP contribution in [0.4, 0.5) is 15.8 Å². The maximum Gasteiger partial charge on any atom is 0.271 e. The molecule has 0 saturated carbocycles. The summed E-state index contributed by atoms with van der Waals surface area (Å²) in [5.74, 6) is 0.399. The normalized spacial score (nSPS) is 10.7. The van der Waals surface area contributed by atoms with Crippen molar-refractivity contribution in [3.63, 3.8) is 0 Å². The Morgan fingerprint density at radius 1 is 1.00 bits per heavy atom. The molecule has 2 N–H and O–H groups in total. The fraction of sp³-hybridized carbons (Fsp3) is 0.182. The van der Waals surface area contributed by atoms with Gasteiger partial charge in [0, 0.05) is 42.4 Å². The fourth-order valence-corrected chi connectivity index (χ4v) is 3.27. The second kappa shape index (κ2) is 10.9. The molecule has 0 saturated heterocycles. The fourth-order valence-electron chi connectivity index (χ4n) is 2.84. The predicted octanol–water partition coefficient (Wildman–Crippen LogP) is 5.82. The highest BCUT2D eigenvalue weighted by Crippen LogP contribution is 2.26. The van der Waals surface area contributed by atoms with Gasteiger partial charge in [-0.15, -0.1) is 0 Å². The average Bonchev–Trinajstić information content (AvgIpc) is 2.75. The number of nitrogens with zero attached hydrogens (tertiary/aromatic N) is 1. The first-order valence-corrected chi connectivity index (χ1v) is 10.2. The molecule has 0 bridgehead atoms. The van der Waals surface area contributed by atoms with Crippen LogP contribution in [-0.2, 0) is 13.2 Å². The topological polar surface area (TPSA) is 76.4 Å². The van der Waals surface area contributed by atoms with Crippen LogP contribution in [-0.4, -0.2) is 18.0 Å². The first-order chi connectivity index (χ1) is 14.9. The van der Waals surface area contributed by atoms with E-state index in [1.54, 1.807) is 30.3 Å². The van der Waals surface area contributed by atoms with E-state index in [2.05, 4.69) is 10.6 Å². The molecule has 0 aliphatic heterocycles. The number of nitro benzene ring substituents is 1. The molecule has 0 aliphatic rings. The van der Waals surface area contributed by atoms with Crippen LogP contribution >= 0.6 is 23.2 Å². The minimum absolute atomic E-state index is 0.0530. The number of ether oxygens (including phenoxy) is 1. The Bertz CT molecular complexity index is 1050. The first kappa shape index (κ1) is 22.8. The van der Waals surface area contributed by atoms with Gasteiger partial charge in [0.05, 0.1) is 15.6 Å². The Morgan fingerprint density at radius 2 is 1.77 bits per heavy atom. The summed E-state index contributed by atoms with van der Waals surface area (Å²) < 4.78 is 18.9. The molecule has 9 heteroatoms. The van der Waals surface area contributed by atoms with Gasteiger partial charge in [-0.3, -0.25) is 10.1 Å². The number of benzene rings is 3. The maximum atomic E-state index is 13.0. The number of nitro groups is 1. The Hall–Kier alpha value is -2.87. The predicted molar refractivity (Wildman–Crippen MR) is 120 cm³/mol. The maximum absolute atomic E-state index is 13.0. The quantitative estimate of drug-likeness (QED) is 0.225. The van der Waals surface area contributed by atoms with Crippen molar-refractivity contribution in [3.05, 3.63) is 97.8 Å². The monoisotopic (exact) mass is 463 g/mol. The molecule has 3 aromatic carbocycles. The van der Waals surface area contributed by atoms with Gasteiger partial charge in [0.1, 0.15) is 18.2 Å². The van der Waals surface area contributed by atoms with Crippen molar-refractivity contribution >= 4 is 34.6 Å². The SMILES string of the molecule is O=[N+]([O-])c1ccc(NCCNCc2cc(Cl)ccc2OCc2ccc(F)cc2)c(Cl)c1. The summed E-state index contributed by atoms with van der Waals surface area (Å²) in [6.07, 6.45) is 0. The molecule has 0 radical (unpaired) electrons. The van der Waals surface area contributed by atoms with Crippen LogP contribution in [0, 0.1) is 15.9 Å². The second-order valence-electron chi connectivity index (χ2n) is 6.69. The van der Waals surface area contributed by atoms with E-state index in [4.69, 9.17) is 27.9 Å². The molecule has 0 amide bonds. The van der Waals surface area contributed by atoms with Crippen molar-refractivity contribution in [1.29, 1.82) is 0 Å². The molecule has 0 spiro atoms. The van der Waals surface area contributed by atoms with Gasteiger partial charge in [0.25, 0.3) is 5.69 Å². The minimum Gasteiger partial charge on any atom is -0.489 e. The Balaban J connectivity index is 1.50. The van der Waals surface area contributed by atoms with E-state index in [0.717, 1.165) is 11.1 Å². The largest absolute Gasteiger partial charge is 0.489 e. The highest BCUT2D eigenvalue weighted by Gasteiger charge is 2.09. The van der Waals surface area contributed by atoms with Gasteiger partial charge in [-0.1, -0.05) is 35.3 Å². The highest BCUT2D eigenvalue weighted by atomic mass is 35.5. The number of rotatable bonds is 10. The van der Waals surface area contributed by atoms with Crippen LogP contribution in [0.3, 0.4) is 0 Å². The summed E-state index contributed by atoms with van der Waals surface area (Å²) in [6, 6.07) is 15.8. The second-order valence-corrected chi connectivity index (χ2v) is 7.54. The van der Waals surface area contributed by atoms with E-state index in [1.165, 1.54) is 24.3 Å². The van der Waals surface area contributed by atoms with Crippen molar-refractivity contribution in [1.82, 2.24) is 5.32 Å². The lowest BCUT2D eigenvalue weighted by atomic mass is 10.2. The number of nitrogens with one attached hydrogen (secondary N) is 2. The van der Waals surface area contributed by atoms with Gasteiger partial charge in [0.15, 0.2) is 0 Å². The molecular weight excluding hydrogens is 444 g/mol. The van der Waals surface area contributed by atoms with Crippen molar-refractivity contribution in [2.75, 3.05) is 18.4 Å². The molecule has 0 fully saturated rings. The zero-order chi connectivity index (χ0) is 22.2. The van der Waals surface area contributed by atoms with Crippen LogP contribution in [0.15, 0.2) is 60.7 Å². The van der Waals surface area contributed by atoms with E-state index in [1.807, 2.05) is 6.07 Å². The van der Waals surface area contributed by atoms with Gasteiger partial charge >= 0.3 is 0 Å². The van der Waals surface area contributed by atoms with Gasteiger partial charge in [-0.05, 0) is 42.0 Å². The highest BCUT2D eigenvalue weighted by molar-refractivity contribution is 6.33. The number of anilines is 1. The number of hydrogen-bond acceptors (Lipinski definition) is 5. The van der Waals surface area contributed by atoms with E-state index in [0.29, 0.717) is 47.7 Å². The van der Waals surface area contributed by atoms with Gasteiger partial charge in [-0.25, -0.2) is 4.39 Å². The van der Waals surface area contributed by atoms with E-state index < -0.39 is 4.92 Å². The zero-order valence-corrected chi connectivity index (χ0v) is 17.9. The van der Waals surface area contributed by atoms with Crippen LogP contribution in [0.5, 0.6) is 5.75 Å². The van der Waals surface area contributed by atoms with E-state index in [-0.39, 0.29) is 11.5 Å². The third-order valence-corrected chi connectivity index (χ3v) is 4.97. The summed E-state index contributed by atoms with van der Waals surface area (Å²) >= 11 is 12.2. The molecule has 0 atom stereocenters. The molecule has 0 unspecified atom stereocenters. The number of halogens is 3. The standard InChI is InChI=1S/C22H20Cl2FN3O3/c23-17-3-8-22(31-14-15-1-4-18(25)5-2-15)16(11-17)13-26-9-10-27-21-7-6-19(28(29)30)12-20(21)24/h1-8,11-12,26-27H,9-10,13-14H2. The molecule has 0 aliphatic carbocycles. The summed E-state index contributed by atoms with van der Waals surface area (Å²) in [6.45, 7) is 2.01. The van der Waals surface area contributed by atoms with Crippen molar-refractivity contribution < 1.29 is 14.1 Å². The van der Waals surface area contributed by atoms with Crippen LogP contribution < -0.4 is 15.4 Å². The van der Waals surface area contributed by atoms with E-state index >= 15 is 0 Å². The van der Waals surface area contributed by atoms with Gasteiger partial charge in [-0.2, -0.15) is 0 Å². The first-order valence-electron chi connectivity index (χ1n) is 9.46. The van der Waals surface area contributed by atoms with Crippen LogP contribution in [0.1, 0.15) is 11.1 Å². The Kier molecular flexibility index (Phi) is 8.06. The number of hydrogen-bond donors (Lipinski definition) is 2. The number of non-ortho nitro benzene ring substituents is 1. The summed E-state index contributed by atoms with van der Waals surface area (Å²) in [5, 5.41) is 18.1. The van der Waals surface area contributed by atoms with Gasteiger partial charge in [0.2, 0.25) is 0 Å². The molecule has 3 rings (SSSR count). The zero-order valence-electron chi connectivity index (χ0n) is 16.4. The molecule has 162 valence electrons. The molecule has 6 nitrogen and oxygen atoms in total. The van der Waals surface area contributed by atoms with Gasteiger partial charge < -0.3 is 15.4 Å². The van der Waals surface area contributed by atoms with E-state index in [9.17, 15) is 14.5 Å². The average molecular weight is 464 g/mol. The molecule has 3 aromatic rings.